The van der Waals surface area contributed by atoms with E-state index < -0.39 is 0 Å². The number of nitrogens with zero attached hydrogens (tertiary/aromatic N) is 2. The molecular weight excluding hydrogens is 393 g/mol. The summed E-state index contributed by atoms with van der Waals surface area (Å²) < 4.78 is 0. The van der Waals surface area contributed by atoms with Gasteiger partial charge in [-0.25, -0.2) is 0 Å². The first-order valence-electron chi connectivity index (χ1n) is 9.43. The van der Waals surface area contributed by atoms with Gasteiger partial charge in [-0.1, -0.05) is 71.8 Å². The molecule has 0 bridgehead atoms. The second-order valence-electron chi connectivity index (χ2n) is 6.99. The molecule has 28 heavy (non-hydrogen) atoms. The van der Waals surface area contributed by atoms with E-state index in [4.69, 9.17) is 23.2 Å². The van der Waals surface area contributed by atoms with Crippen molar-refractivity contribution in [1.82, 2.24) is 9.80 Å². The van der Waals surface area contributed by atoms with E-state index in [1.165, 1.54) is 5.56 Å². The highest BCUT2D eigenvalue weighted by atomic mass is 35.5. The van der Waals surface area contributed by atoms with Gasteiger partial charge in [-0.05, 0) is 24.1 Å². The van der Waals surface area contributed by atoms with Crippen LogP contribution in [0.2, 0.25) is 10.0 Å². The van der Waals surface area contributed by atoms with Crippen molar-refractivity contribution in [3.63, 3.8) is 0 Å². The van der Waals surface area contributed by atoms with E-state index >= 15 is 0 Å². The monoisotopic (exact) mass is 417 g/mol. The van der Waals surface area contributed by atoms with Crippen molar-refractivity contribution >= 4 is 40.9 Å². The number of piperazine rings is 1. The average molecular weight is 418 g/mol. The molecule has 1 amide bonds. The number of benzene rings is 2. The minimum Gasteiger partial charge on any atom is -0.322 e. The van der Waals surface area contributed by atoms with Crippen LogP contribution in [0.5, 0.6) is 0 Å². The summed E-state index contributed by atoms with van der Waals surface area (Å²) in [5.41, 5.74) is 2.60. The van der Waals surface area contributed by atoms with E-state index in [0.29, 0.717) is 22.3 Å². The first-order valence-corrected chi connectivity index (χ1v) is 10.2. The van der Waals surface area contributed by atoms with Crippen molar-refractivity contribution in [1.29, 1.82) is 0 Å². The maximum Gasteiger partial charge on any atom is 0.238 e. The van der Waals surface area contributed by atoms with Gasteiger partial charge in [-0.2, -0.15) is 0 Å². The molecular formula is C22H25Cl2N3O. The Kier molecular flexibility index (Phi) is 7.51. The number of rotatable bonds is 6. The lowest BCUT2D eigenvalue weighted by atomic mass is 10.2. The number of halogens is 2. The van der Waals surface area contributed by atoms with Gasteiger partial charge in [-0.15, -0.1) is 0 Å². The Morgan fingerprint density at radius 3 is 2.43 bits per heavy atom. The molecule has 0 saturated carbocycles. The summed E-state index contributed by atoms with van der Waals surface area (Å²) in [5.74, 6) is -0.0909. The molecule has 0 aliphatic carbocycles. The fraction of sp³-hybridized carbons (Fsp3) is 0.318. The Labute approximate surface area is 176 Å². The predicted molar refractivity (Wildman–Crippen MR) is 118 cm³/mol. The zero-order valence-corrected chi connectivity index (χ0v) is 17.5. The Morgan fingerprint density at radius 2 is 1.71 bits per heavy atom. The van der Waals surface area contributed by atoms with E-state index in [1.807, 2.05) is 31.2 Å². The molecule has 0 atom stereocenters. The molecule has 2 aromatic carbocycles. The number of nitrogens with one attached hydrogen (secondary N) is 1. The molecule has 0 radical (unpaired) electrons. The van der Waals surface area contributed by atoms with Crippen LogP contribution in [0.15, 0.2) is 48.5 Å². The summed E-state index contributed by atoms with van der Waals surface area (Å²) in [6.07, 6.45) is 4.34. The Hall–Kier alpha value is -1.85. The van der Waals surface area contributed by atoms with Crippen LogP contribution in [0.3, 0.4) is 0 Å². The lowest BCUT2D eigenvalue weighted by Gasteiger charge is -2.33. The maximum atomic E-state index is 12.4. The zero-order valence-electron chi connectivity index (χ0n) is 16.0. The third kappa shape index (κ3) is 5.82. The highest BCUT2D eigenvalue weighted by Crippen LogP contribution is 2.32. The van der Waals surface area contributed by atoms with Gasteiger partial charge in [0, 0.05) is 32.7 Å². The highest BCUT2D eigenvalue weighted by Gasteiger charge is 2.19. The van der Waals surface area contributed by atoms with E-state index in [1.54, 1.807) is 6.07 Å². The lowest BCUT2D eigenvalue weighted by molar-refractivity contribution is -0.117. The van der Waals surface area contributed by atoms with Crippen LogP contribution in [0.1, 0.15) is 11.1 Å². The van der Waals surface area contributed by atoms with Crippen LogP contribution in [0.25, 0.3) is 6.08 Å². The Balaban J connectivity index is 1.43. The molecule has 0 spiro atoms. The van der Waals surface area contributed by atoms with Crippen LogP contribution in [0, 0.1) is 6.92 Å². The fourth-order valence-electron chi connectivity index (χ4n) is 3.19. The Bertz CT molecular complexity index is 831. The molecule has 6 heteroatoms. The molecule has 0 unspecified atom stereocenters. The Morgan fingerprint density at radius 1 is 1.04 bits per heavy atom. The topological polar surface area (TPSA) is 35.6 Å². The molecule has 1 aliphatic rings. The van der Waals surface area contributed by atoms with Crippen molar-refractivity contribution < 1.29 is 4.79 Å². The maximum absolute atomic E-state index is 12.4. The lowest BCUT2D eigenvalue weighted by Crippen LogP contribution is -2.48. The van der Waals surface area contributed by atoms with Crippen molar-refractivity contribution in [2.45, 2.75) is 6.92 Å². The molecule has 1 N–H and O–H groups in total. The first-order chi connectivity index (χ1) is 13.5. The third-order valence-corrected chi connectivity index (χ3v) is 5.66. The second-order valence-corrected chi connectivity index (χ2v) is 7.78. The van der Waals surface area contributed by atoms with Crippen LogP contribution in [-0.4, -0.2) is 55.0 Å². The first kappa shape index (κ1) is 20.9. The summed E-state index contributed by atoms with van der Waals surface area (Å²) in [5, 5.41) is 3.81. The van der Waals surface area contributed by atoms with E-state index in [-0.39, 0.29) is 5.91 Å². The predicted octanol–water partition coefficient (Wildman–Crippen LogP) is 4.57. The van der Waals surface area contributed by atoms with Gasteiger partial charge in [0.25, 0.3) is 0 Å². The van der Waals surface area contributed by atoms with Gasteiger partial charge in [0.05, 0.1) is 22.3 Å². The van der Waals surface area contributed by atoms with E-state index in [9.17, 15) is 4.79 Å². The molecule has 0 aromatic heterocycles. The van der Waals surface area contributed by atoms with Gasteiger partial charge >= 0.3 is 0 Å². The van der Waals surface area contributed by atoms with Gasteiger partial charge in [0.15, 0.2) is 0 Å². The quantitative estimate of drug-likeness (QED) is 0.747. The smallest absolute Gasteiger partial charge is 0.238 e. The molecule has 1 aliphatic heterocycles. The minimum atomic E-state index is -0.0909. The number of carbonyl (C=O) groups is 1. The zero-order chi connectivity index (χ0) is 19.9. The molecule has 1 saturated heterocycles. The van der Waals surface area contributed by atoms with Crippen LogP contribution >= 0.6 is 23.2 Å². The van der Waals surface area contributed by atoms with Gasteiger partial charge in [0.1, 0.15) is 0 Å². The van der Waals surface area contributed by atoms with Crippen molar-refractivity contribution in [2.75, 3.05) is 44.6 Å². The number of carbonyl (C=O) groups excluding carboxylic acids is 1. The van der Waals surface area contributed by atoms with Crippen LogP contribution < -0.4 is 5.32 Å². The van der Waals surface area contributed by atoms with Crippen molar-refractivity contribution in [3.05, 3.63) is 69.7 Å². The van der Waals surface area contributed by atoms with Crippen LogP contribution in [-0.2, 0) is 4.79 Å². The molecule has 4 nitrogen and oxygen atoms in total. The SMILES string of the molecule is Cc1ccc(Cl)c(NC(=O)CN2CCN(C/C=C/c3ccccc3)CC2)c1Cl. The molecule has 2 aromatic rings. The van der Waals surface area contributed by atoms with E-state index in [0.717, 1.165) is 38.3 Å². The number of anilines is 1. The van der Waals surface area contributed by atoms with Gasteiger partial charge in [-0.3, -0.25) is 14.6 Å². The standard InChI is InChI=1S/C22H25Cl2N3O/c1-17-9-10-19(23)22(21(17)24)25-20(28)16-27-14-12-26(13-15-27)11-5-8-18-6-3-2-4-7-18/h2-10H,11-16H2,1H3,(H,25,28)/b8-5+. The summed E-state index contributed by atoms with van der Waals surface area (Å²) in [4.78, 5) is 17.0. The third-order valence-electron chi connectivity index (χ3n) is 4.85. The number of hydrogen-bond acceptors (Lipinski definition) is 3. The molecule has 1 fully saturated rings. The van der Waals surface area contributed by atoms with Gasteiger partial charge < -0.3 is 5.32 Å². The second kappa shape index (κ2) is 10.1. The largest absolute Gasteiger partial charge is 0.322 e. The highest BCUT2D eigenvalue weighted by molar-refractivity contribution is 6.40. The molecule has 3 rings (SSSR count). The van der Waals surface area contributed by atoms with Crippen molar-refractivity contribution in [2.24, 2.45) is 0 Å². The summed E-state index contributed by atoms with van der Waals surface area (Å²) in [7, 11) is 0. The minimum absolute atomic E-state index is 0.0909. The average Bonchev–Trinajstić information content (AvgIpc) is 2.70. The van der Waals surface area contributed by atoms with Gasteiger partial charge in [0.2, 0.25) is 5.91 Å². The summed E-state index contributed by atoms with van der Waals surface area (Å²) in [6.45, 7) is 6.76. The van der Waals surface area contributed by atoms with E-state index in [2.05, 4.69) is 39.4 Å². The molecule has 148 valence electrons. The summed E-state index contributed by atoms with van der Waals surface area (Å²) >= 11 is 12.4. The normalized spacial score (nSPS) is 15.8. The van der Waals surface area contributed by atoms with Crippen molar-refractivity contribution in [3.8, 4) is 0 Å². The molecule has 1 heterocycles. The summed E-state index contributed by atoms with van der Waals surface area (Å²) in [6, 6.07) is 13.9. The fourth-order valence-corrected chi connectivity index (χ4v) is 3.65. The number of aryl methyl sites for hydroxylation is 1. The number of amides is 1. The van der Waals surface area contributed by atoms with Crippen LogP contribution in [0.4, 0.5) is 5.69 Å². The number of hydrogen-bond donors (Lipinski definition) is 1.